The average Bonchev–Trinajstić information content (AvgIpc) is 3.68. The quantitative estimate of drug-likeness (QED) is 0.0839. The van der Waals surface area contributed by atoms with Crippen LogP contribution in [-0.2, 0) is 29.3 Å². The Morgan fingerprint density at radius 2 is 1.76 bits per heavy atom. The molecule has 1 amide bonds. The van der Waals surface area contributed by atoms with Crippen molar-refractivity contribution in [3.8, 4) is 29.4 Å². The van der Waals surface area contributed by atoms with Crippen LogP contribution in [0.1, 0.15) is 33.3 Å². The number of esters is 1. The molecule has 0 radical (unpaired) electrons. The summed E-state index contributed by atoms with van der Waals surface area (Å²) < 4.78 is 30.0. The van der Waals surface area contributed by atoms with Crippen molar-refractivity contribution in [1.82, 2.24) is 0 Å². The lowest BCUT2D eigenvalue weighted by Crippen LogP contribution is -2.60. The molecular formula is C35H45NO8Si2. The minimum absolute atomic E-state index is 0.0273. The van der Waals surface area contributed by atoms with Gasteiger partial charge in [0.1, 0.15) is 34.7 Å². The van der Waals surface area contributed by atoms with Gasteiger partial charge in [0.15, 0.2) is 6.79 Å². The van der Waals surface area contributed by atoms with E-state index in [0.717, 1.165) is 6.04 Å². The predicted molar refractivity (Wildman–Crippen MR) is 180 cm³/mol. The molecule has 9 nitrogen and oxygen atoms in total. The van der Waals surface area contributed by atoms with Gasteiger partial charge in [0.05, 0.1) is 18.4 Å². The smallest absolute Gasteiger partial charge is 0.415 e. The molecule has 246 valence electrons. The lowest BCUT2D eigenvalue weighted by atomic mass is 9.59. The molecule has 4 aliphatic rings. The fourth-order valence-corrected chi connectivity index (χ4v) is 8.16. The minimum Gasteiger partial charge on any atom is -0.543 e. The summed E-state index contributed by atoms with van der Waals surface area (Å²) in [5, 5.41) is 11.8. The summed E-state index contributed by atoms with van der Waals surface area (Å²) in [7, 11) is -2.28. The fourth-order valence-electron chi connectivity index (χ4n) is 6.38. The molecule has 0 saturated carbocycles. The second kappa shape index (κ2) is 11.6. The van der Waals surface area contributed by atoms with Gasteiger partial charge < -0.3 is 28.5 Å². The maximum atomic E-state index is 13.7. The topological polar surface area (TPSA) is 107 Å². The van der Waals surface area contributed by atoms with Crippen molar-refractivity contribution in [3.05, 3.63) is 47.2 Å². The van der Waals surface area contributed by atoms with Crippen molar-refractivity contribution < 1.29 is 38.1 Å². The first-order valence-electron chi connectivity index (χ1n) is 15.7. The first-order chi connectivity index (χ1) is 21.4. The second-order valence-corrected chi connectivity index (χ2v) is 25.4. The third-order valence-corrected chi connectivity index (χ3v) is 16.0. The summed E-state index contributed by atoms with van der Waals surface area (Å²) >= 11 is 0. The number of carbonyl (C=O) groups is 2. The number of ether oxygens (including phenoxy) is 4. The van der Waals surface area contributed by atoms with Crippen LogP contribution in [-0.4, -0.2) is 65.7 Å². The first kappa shape index (κ1) is 33.9. The molecule has 46 heavy (non-hydrogen) atoms. The van der Waals surface area contributed by atoms with Gasteiger partial charge in [-0.2, -0.15) is 0 Å². The normalized spacial score (nSPS) is 28.3. The van der Waals surface area contributed by atoms with Gasteiger partial charge in [-0.05, 0) is 54.5 Å². The number of hydrogen-bond donors (Lipinski definition) is 1. The molecule has 0 spiro atoms. The third-order valence-electron chi connectivity index (χ3n) is 9.93. The van der Waals surface area contributed by atoms with Crippen molar-refractivity contribution in [2.24, 2.45) is 11.8 Å². The molecule has 5 rings (SSSR count). The maximum absolute atomic E-state index is 13.7. The maximum Gasteiger partial charge on any atom is 0.415 e. The Kier molecular flexibility index (Phi) is 8.57. The fraction of sp³-hybridized carbons (Fsp3) is 0.543. The van der Waals surface area contributed by atoms with Gasteiger partial charge in [0.25, 0.3) is 0 Å². The zero-order valence-corrected chi connectivity index (χ0v) is 30.5. The summed E-state index contributed by atoms with van der Waals surface area (Å²) in [5.74, 6) is 10.3. The Balaban J connectivity index is 1.65. The Bertz CT molecular complexity index is 1630. The molecule has 4 bridgehead atoms. The van der Waals surface area contributed by atoms with Gasteiger partial charge in [-0.3, -0.25) is 4.90 Å². The predicted octanol–water partition coefficient (Wildman–Crippen LogP) is 6.50. The highest BCUT2D eigenvalue weighted by atomic mass is 28.4. The average molecular weight is 664 g/mol. The van der Waals surface area contributed by atoms with Gasteiger partial charge in [-0.15, -0.1) is 0 Å². The highest BCUT2D eigenvalue weighted by Crippen LogP contribution is 2.74. The van der Waals surface area contributed by atoms with E-state index < -0.39 is 57.5 Å². The minimum atomic E-state index is -2.26. The van der Waals surface area contributed by atoms with Crippen molar-refractivity contribution in [3.63, 3.8) is 0 Å². The van der Waals surface area contributed by atoms with Crippen molar-refractivity contribution in [1.29, 1.82) is 0 Å². The second-order valence-electron chi connectivity index (χ2n) is 15.0. The molecule has 2 heterocycles. The van der Waals surface area contributed by atoms with Gasteiger partial charge in [0, 0.05) is 26.2 Å². The molecule has 1 aromatic carbocycles. The van der Waals surface area contributed by atoms with E-state index in [0.29, 0.717) is 23.6 Å². The number of allylic oxidation sites excluding steroid dienone is 2. The SMILES string of the molecule is COC(=O)N1c2ccc(O[Si](C)(C)C(C)(C)C)cc2[C@@]23O[C@@]24[C@@H]1C#C/C=C\C#C[C@@H]3C(O)=C(C(=O)OCOCC[Si](C)(C)C)[C@@H]4C. The summed E-state index contributed by atoms with van der Waals surface area (Å²) in [6.45, 7) is 19.5. The van der Waals surface area contributed by atoms with E-state index in [1.807, 2.05) is 18.2 Å². The molecule has 1 aromatic rings. The Morgan fingerprint density at radius 3 is 2.39 bits per heavy atom. The Hall–Kier alpha value is -3.49. The van der Waals surface area contributed by atoms with E-state index >= 15 is 0 Å². The molecule has 1 saturated heterocycles. The van der Waals surface area contributed by atoms with Gasteiger partial charge >= 0.3 is 12.1 Å². The highest BCUT2D eigenvalue weighted by Gasteiger charge is 2.86. The molecular weight excluding hydrogens is 619 g/mol. The number of aliphatic hydroxyl groups excluding tert-OH is 1. The Morgan fingerprint density at radius 1 is 1.09 bits per heavy atom. The van der Waals surface area contributed by atoms with Gasteiger partial charge in [-0.25, -0.2) is 9.59 Å². The first-order valence-corrected chi connectivity index (χ1v) is 22.3. The van der Waals surface area contributed by atoms with Crippen LogP contribution in [0, 0.1) is 35.5 Å². The van der Waals surface area contributed by atoms with E-state index in [4.69, 9.17) is 23.4 Å². The summed E-state index contributed by atoms with van der Waals surface area (Å²) in [6, 6.07) is 5.56. The number of amides is 1. The molecule has 1 N–H and O–H groups in total. The molecule has 11 heteroatoms. The summed E-state index contributed by atoms with van der Waals surface area (Å²) in [4.78, 5) is 28.7. The Labute approximate surface area is 274 Å². The number of nitrogens with zero attached hydrogens (tertiary/aromatic N) is 1. The number of hydrogen-bond acceptors (Lipinski definition) is 8. The number of fused-ring (bicyclic) bond motifs is 1. The molecule has 0 aromatic heterocycles. The van der Waals surface area contributed by atoms with Crippen LogP contribution in [0.25, 0.3) is 0 Å². The monoisotopic (exact) mass is 663 g/mol. The van der Waals surface area contributed by atoms with E-state index in [9.17, 15) is 14.7 Å². The molecule has 1 fully saturated rings. The van der Waals surface area contributed by atoms with Gasteiger partial charge in [0.2, 0.25) is 8.32 Å². The number of methoxy groups -OCH3 is 1. The van der Waals surface area contributed by atoms with Crippen LogP contribution in [0.15, 0.2) is 41.7 Å². The molecule has 2 aliphatic carbocycles. The van der Waals surface area contributed by atoms with Crippen LogP contribution >= 0.6 is 0 Å². The number of rotatable bonds is 8. The van der Waals surface area contributed by atoms with Crippen molar-refractivity contribution in [2.45, 2.75) is 88.8 Å². The van der Waals surface area contributed by atoms with Crippen LogP contribution in [0.2, 0.25) is 43.8 Å². The number of benzene rings is 1. The van der Waals surface area contributed by atoms with E-state index in [1.165, 1.54) is 12.0 Å². The van der Waals surface area contributed by atoms with Crippen LogP contribution in [0.5, 0.6) is 5.75 Å². The largest absolute Gasteiger partial charge is 0.543 e. The van der Waals surface area contributed by atoms with Gasteiger partial charge in [-0.1, -0.05) is 71.0 Å². The number of anilines is 1. The number of carbonyl (C=O) groups excluding carboxylic acids is 2. The third kappa shape index (κ3) is 5.37. The lowest BCUT2D eigenvalue weighted by Gasteiger charge is -2.45. The zero-order chi connectivity index (χ0) is 33.9. The van der Waals surface area contributed by atoms with Crippen molar-refractivity contribution in [2.75, 3.05) is 25.4 Å². The highest BCUT2D eigenvalue weighted by molar-refractivity contribution is 6.76. The van der Waals surface area contributed by atoms with E-state index in [1.54, 1.807) is 19.1 Å². The van der Waals surface area contributed by atoms with Crippen LogP contribution in [0.3, 0.4) is 0 Å². The number of aliphatic hydroxyl groups is 1. The molecule has 0 unspecified atom stereocenters. The van der Waals surface area contributed by atoms with Crippen molar-refractivity contribution >= 4 is 34.1 Å². The molecule has 5 atom stereocenters. The van der Waals surface area contributed by atoms with E-state index in [-0.39, 0.29) is 23.2 Å². The zero-order valence-electron chi connectivity index (χ0n) is 28.5. The standard InChI is InChI=1S/C35H45NO8Si2/c1-23-29(31(38)42-22-41-19-20-45(6,7)8)30(37)25-15-13-11-12-14-16-28-34(23)35(25,44-34)26-21-24(43-46(9,10)33(2,3)4)17-18-27(26)36(28)32(39)40-5/h11-12,17-18,21,23,25,28,37H,19-20,22H2,1-10H3/b12-11-/t23-,25+,28-,34-,35+/m0/s1. The summed E-state index contributed by atoms with van der Waals surface area (Å²) in [6.07, 6.45) is 2.53. The lowest BCUT2D eigenvalue weighted by molar-refractivity contribution is -0.152. The number of epoxide rings is 1. The van der Waals surface area contributed by atoms with Crippen LogP contribution < -0.4 is 9.33 Å². The van der Waals surface area contributed by atoms with Crippen LogP contribution in [0.4, 0.5) is 10.5 Å². The molecule has 2 aliphatic heterocycles. The van der Waals surface area contributed by atoms with E-state index in [2.05, 4.69) is 77.2 Å². The summed E-state index contributed by atoms with van der Waals surface area (Å²) in [5.41, 5.74) is -1.35.